The number of carbonyl (C=O) groups excluding carboxylic acids is 2. The molecule has 2 amide bonds. The van der Waals surface area contributed by atoms with Crippen molar-refractivity contribution in [2.45, 2.75) is 18.9 Å². The van der Waals surface area contributed by atoms with Gasteiger partial charge in [0.1, 0.15) is 5.75 Å². The van der Waals surface area contributed by atoms with Gasteiger partial charge in [0.25, 0.3) is 0 Å². The van der Waals surface area contributed by atoms with Crippen LogP contribution in [-0.4, -0.2) is 56.3 Å². The van der Waals surface area contributed by atoms with Crippen molar-refractivity contribution in [2.75, 3.05) is 30.5 Å². The Morgan fingerprint density at radius 2 is 2.17 bits per heavy atom. The number of hydrogen-bond acceptors (Lipinski definition) is 5. The molecule has 8 heteroatoms. The molecule has 1 aromatic carbocycles. The number of anilines is 1. The van der Waals surface area contributed by atoms with Gasteiger partial charge >= 0.3 is 0 Å². The lowest BCUT2D eigenvalue weighted by Gasteiger charge is -2.22. The van der Waals surface area contributed by atoms with Crippen molar-refractivity contribution >= 4 is 27.3 Å². The Morgan fingerprint density at radius 3 is 2.83 bits per heavy atom. The van der Waals surface area contributed by atoms with Gasteiger partial charge in [-0.3, -0.25) is 9.59 Å². The second-order valence-corrected chi connectivity index (χ2v) is 8.45. The molecule has 0 aromatic heterocycles. The highest BCUT2D eigenvalue weighted by atomic mass is 32.2. The lowest BCUT2D eigenvalue weighted by Crippen LogP contribution is -2.38. The van der Waals surface area contributed by atoms with Crippen LogP contribution in [0.25, 0.3) is 0 Å². The van der Waals surface area contributed by atoms with E-state index in [1.54, 1.807) is 36.3 Å². The third kappa shape index (κ3) is 3.53. The molecule has 2 fully saturated rings. The Morgan fingerprint density at radius 1 is 1.38 bits per heavy atom. The molecule has 0 spiro atoms. The minimum absolute atomic E-state index is 0.00294. The second kappa shape index (κ2) is 6.43. The minimum Gasteiger partial charge on any atom is -0.497 e. The summed E-state index contributed by atoms with van der Waals surface area (Å²) in [6.45, 7) is 0.273. The number of likely N-dealkylation sites (tertiary alicyclic amines) is 1. The number of sulfone groups is 1. The molecule has 2 saturated heterocycles. The summed E-state index contributed by atoms with van der Waals surface area (Å²) in [6, 6.07) is 6.70. The SMILES string of the molecule is COc1cccc(NC(=O)C2CC(=O)N(C3CCS(=O)(=O)C3)C2)c1. The Labute approximate surface area is 140 Å². The summed E-state index contributed by atoms with van der Waals surface area (Å²) in [4.78, 5) is 26.1. The average Bonchev–Trinajstić information content (AvgIpc) is 3.10. The molecule has 1 N–H and O–H groups in total. The number of hydrogen-bond donors (Lipinski definition) is 1. The van der Waals surface area contributed by atoms with Crippen molar-refractivity contribution in [1.29, 1.82) is 0 Å². The van der Waals surface area contributed by atoms with E-state index in [1.165, 1.54) is 0 Å². The maximum Gasteiger partial charge on any atom is 0.229 e. The van der Waals surface area contributed by atoms with Crippen LogP contribution in [-0.2, 0) is 19.4 Å². The quantitative estimate of drug-likeness (QED) is 0.860. The highest BCUT2D eigenvalue weighted by Gasteiger charge is 2.41. The van der Waals surface area contributed by atoms with E-state index in [0.29, 0.717) is 17.9 Å². The van der Waals surface area contributed by atoms with Gasteiger partial charge in [0.15, 0.2) is 9.84 Å². The number of rotatable bonds is 4. The van der Waals surface area contributed by atoms with Crippen LogP contribution in [0.4, 0.5) is 5.69 Å². The maximum absolute atomic E-state index is 12.4. The number of ether oxygens (including phenoxy) is 1. The molecule has 7 nitrogen and oxygen atoms in total. The van der Waals surface area contributed by atoms with E-state index in [0.717, 1.165) is 0 Å². The van der Waals surface area contributed by atoms with Crippen LogP contribution in [0.3, 0.4) is 0 Å². The smallest absolute Gasteiger partial charge is 0.229 e. The van der Waals surface area contributed by atoms with Crippen LogP contribution in [0.5, 0.6) is 5.75 Å². The van der Waals surface area contributed by atoms with E-state index in [9.17, 15) is 18.0 Å². The van der Waals surface area contributed by atoms with Crippen LogP contribution in [0.15, 0.2) is 24.3 Å². The van der Waals surface area contributed by atoms with E-state index < -0.39 is 15.8 Å². The summed E-state index contributed by atoms with van der Waals surface area (Å²) >= 11 is 0. The number of methoxy groups -OCH3 is 1. The van der Waals surface area contributed by atoms with Crippen molar-refractivity contribution in [3.05, 3.63) is 24.3 Å². The predicted molar refractivity (Wildman–Crippen MR) is 88.5 cm³/mol. The van der Waals surface area contributed by atoms with E-state index in [4.69, 9.17) is 4.74 Å². The number of benzene rings is 1. The average molecular weight is 352 g/mol. The summed E-state index contributed by atoms with van der Waals surface area (Å²) in [5.41, 5.74) is 0.605. The van der Waals surface area contributed by atoms with E-state index >= 15 is 0 Å². The molecule has 2 heterocycles. The van der Waals surface area contributed by atoms with E-state index in [-0.39, 0.29) is 42.3 Å². The Bertz CT molecular complexity index is 761. The minimum atomic E-state index is -3.06. The van der Waals surface area contributed by atoms with Gasteiger partial charge in [-0.15, -0.1) is 0 Å². The number of carbonyl (C=O) groups is 2. The molecule has 1 aromatic rings. The second-order valence-electron chi connectivity index (χ2n) is 6.23. The molecular formula is C16H20N2O5S. The molecule has 0 radical (unpaired) electrons. The monoisotopic (exact) mass is 352 g/mol. The van der Waals surface area contributed by atoms with Crippen LogP contribution < -0.4 is 10.1 Å². The topological polar surface area (TPSA) is 92.8 Å². The van der Waals surface area contributed by atoms with Crippen LogP contribution in [0.1, 0.15) is 12.8 Å². The fourth-order valence-corrected chi connectivity index (χ4v) is 4.96. The summed E-state index contributed by atoms with van der Waals surface area (Å²) in [7, 11) is -1.51. The molecule has 0 bridgehead atoms. The summed E-state index contributed by atoms with van der Waals surface area (Å²) in [5.74, 6) is -0.103. The highest BCUT2D eigenvalue weighted by molar-refractivity contribution is 7.91. The Balaban J connectivity index is 1.63. The molecule has 130 valence electrons. The first-order chi connectivity index (χ1) is 11.4. The van der Waals surface area contributed by atoms with Gasteiger partial charge in [-0.2, -0.15) is 0 Å². The van der Waals surface area contributed by atoms with Crippen molar-refractivity contribution in [3.63, 3.8) is 0 Å². The third-order valence-corrected chi connectivity index (χ3v) is 6.27. The number of nitrogens with one attached hydrogen (secondary N) is 1. The van der Waals surface area contributed by atoms with Crippen molar-refractivity contribution in [2.24, 2.45) is 5.92 Å². The number of amides is 2. The van der Waals surface area contributed by atoms with Gasteiger partial charge in [0.05, 0.1) is 24.5 Å². The van der Waals surface area contributed by atoms with Gasteiger partial charge in [-0.05, 0) is 18.6 Å². The summed E-state index contributed by atoms with van der Waals surface area (Å²) < 4.78 is 28.3. The predicted octanol–water partition coefficient (Wildman–Crippen LogP) is 0.669. The largest absolute Gasteiger partial charge is 0.497 e. The maximum atomic E-state index is 12.4. The van der Waals surface area contributed by atoms with Gasteiger partial charge < -0.3 is 15.0 Å². The normalized spacial score (nSPS) is 25.7. The van der Waals surface area contributed by atoms with Crippen molar-refractivity contribution in [1.82, 2.24) is 4.90 Å². The van der Waals surface area contributed by atoms with Gasteiger partial charge in [-0.25, -0.2) is 8.42 Å². The first kappa shape index (κ1) is 16.8. The summed E-state index contributed by atoms with van der Waals surface area (Å²) in [6.07, 6.45) is 0.574. The Hall–Kier alpha value is -2.09. The zero-order chi connectivity index (χ0) is 17.3. The van der Waals surface area contributed by atoms with Crippen molar-refractivity contribution < 1.29 is 22.7 Å². The first-order valence-electron chi connectivity index (χ1n) is 7.83. The summed E-state index contributed by atoms with van der Waals surface area (Å²) in [5, 5.41) is 2.79. The molecule has 2 aliphatic rings. The number of nitrogens with zero attached hydrogens (tertiary/aromatic N) is 1. The molecule has 2 aliphatic heterocycles. The molecule has 2 atom stereocenters. The van der Waals surface area contributed by atoms with Gasteiger partial charge in [-0.1, -0.05) is 6.07 Å². The standard InChI is InChI=1S/C16H20N2O5S/c1-23-14-4-2-3-12(8-14)17-16(20)11-7-15(19)18(9-11)13-5-6-24(21,22)10-13/h2-4,8,11,13H,5-7,9-10H2,1H3,(H,17,20). The molecule has 24 heavy (non-hydrogen) atoms. The van der Waals surface area contributed by atoms with E-state index in [1.807, 2.05) is 0 Å². The molecular weight excluding hydrogens is 332 g/mol. The lowest BCUT2D eigenvalue weighted by molar-refractivity contribution is -0.129. The van der Waals surface area contributed by atoms with Crippen LogP contribution >= 0.6 is 0 Å². The molecule has 0 saturated carbocycles. The van der Waals surface area contributed by atoms with Crippen LogP contribution in [0, 0.1) is 5.92 Å². The van der Waals surface area contributed by atoms with Gasteiger partial charge in [0.2, 0.25) is 11.8 Å². The van der Waals surface area contributed by atoms with Crippen LogP contribution in [0.2, 0.25) is 0 Å². The van der Waals surface area contributed by atoms with E-state index in [2.05, 4.69) is 5.32 Å². The molecule has 2 unspecified atom stereocenters. The Kier molecular flexibility index (Phi) is 4.49. The molecule has 3 rings (SSSR count). The van der Waals surface area contributed by atoms with Gasteiger partial charge in [0, 0.05) is 30.8 Å². The first-order valence-corrected chi connectivity index (χ1v) is 9.65. The van der Waals surface area contributed by atoms with Crippen molar-refractivity contribution in [3.8, 4) is 5.75 Å². The zero-order valence-corrected chi connectivity index (χ0v) is 14.2. The fraction of sp³-hybridized carbons (Fsp3) is 0.500. The lowest BCUT2D eigenvalue weighted by atomic mass is 10.1. The molecule has 0 aliphatic carbocycles. The zero-order valence-electron chi connectivity index (χ0n) is 13.4. The fourth-order valence-electron chi connectivity index (χ4n) is 3.23. The third-order valence-electron chi connectivity index (χ3n) is 4.52. The highest BCUT2D eigenvalue weighted by Crippen LogP contribution is 2.27.